The molecule has 1 aromatic rings. The predicted molar refractivity (Wildman–Crippen MR) is 50.3 cm³/mol. The lowest BCUT2D eigenvalue weighted by atomic mass is 10.0. The van der Waals surface area contributed by atoms with Crippen molar-refractivity contribution in [2.24, 2.45) is 0 Å². The summed E-state index contributed by atoms with van der Waals surface area (Å²) in [7, 11) is 0. The summed E-state index contributed by atoms with van der Waals surface area (Å²) in [6.45, 7) is 6.39. The lowest BCUT2D eigenvalue weighted by Crippen LogP contribution is -1.89. The van der Waals surface area contributed by atoms with Gasteiger partial charge in [-0.25, -0.2) is 0 Å². The van der Waals surface area contributed by atoms with Crippen molar-refractivity contribution in [3.05, 3.63) is 34.3 Å². The summed E-state index contributed by atoms with van der Waals surface area (Å²) < 4.78 is 0. The van der Waals surface area contributed by atoms with Gasteiger partial charge in [-0.15, -0.1) is 0 Å². The van der Waals surface area contributed by atoms with Crippen LogP contribution >= 0.6 is 11.6 Å². The quantitative estimate of drug-likeness (QED) is 0.599. The van der Waals surface area contributed by atoms with Gasteiger partial charge in [0.05, 0.1) is 0 Å². The van der Waals surface area contributed by atoms with Crippen LogP contribution in [0.2, 0.25) is 5.02 Å². The Morgan fingerprint density at radius 3 is 2.36 bits per heavy atom. The minimum atomic E-state index is 0.516. The van der Waals surface area contributed by atoms with Crippen LogP contribution in [0.25, 0.3) is 0 Å². The molecule has 0 nitrogen and oxygen atoms in total. The number of hydrogen-bond donors (Lipinski definition) is 0. The van der Waals surface area contributed by atoms with Crippen LogP contribution in [0.1, 0.15) is 30.9 Å². The van der Waals surface area contributed by atoms with Crippen LogP contribution < -0.4 is 0 Å². The molecule has 1 aromatic carbocycles. The summed E-state index contributed by atoms with van der Waals surface area (Å²) >= 11 is 5.99. The van der Waals surface area contributed by atoms with Gasteiger partial charge < -0.3 is 0 Å². The molecule has 0 radical (unpaired) electrons. The van der Waals surface area contributed by atoms with Crippen molar-refractivity contribution in [2.75, 3.05) is 0 Å². The second kappa shape index (κ2) is 3.27. The van der Waals surface area contributed by atoms with E-state index in [1.165, 1.54) is 11.1 Å². The molecule has 0 saturated heterocycles. The van der Waals surface area contributed by atoms with E-state index in [9.17, 15) is 0 Å². The van der Waals surface area contributed by atoms with Gasteiger partial charge in [-0.3, -0.25) is 0 Å². The monoisotopic (exact) mass is 168 g/mol. The highest BCUT2D eigenvalue weighted by atomic mass is 35.5. The van der Waals surface area contributed by atoms with E-state index in [4.69, 9.17) is 11.6 Å². The predicted octanol–water partition coefficient (Wildman–Crippen LogP) is 3.77. The average Bonchev–Trinajstić information content (AvgIpc) is 1.94. The molecule has 0 atom stereocenters. The van der Waals surface area contributed by atoms with E-state index in [0.29, 0.717) is 5.92 Å². The third kappa shape index (κ3) is 1.97. The molecule has 0 aliphatic heterocycles. The van der Waals surface area contributed by atoms with E-state index in [1.807, 2.05) is 12.1 Å². The highest BCUT2D eigenvalue weighted by Crippen LogP contribution is 2.24. The van der Waals surface area contributed by atoms with Gasteiger partial charge in [-0.2, -0.15) is 0 Å². The van der Waals surface area contributed by atoms with Crippen LogP contribution in [-0.4, -0.2) is 0 Å². The average molecular weight is 169 g/mol. The minimum absolute atomic E-state index is 0.516. The Bertz CT molecular complexity index is 251. The normalized spacial score (nSPS) is 10.6. The second-order valence-electron chi connectivity index (χ2n) is 3.18. The maximum atomic E-state index is 5.99. The number of rotatable bonds is 1. The van der Waals surface area contributed by atoms with Crippen LogP contribution in [0.5, 0.6) is 0 Å². The first-order valence-corrected chi connectivity index (χ1v) is 4.25. The molecule has 0 fully saturated rings. The number of halogens is 1. The topological polar surface area (TPSA) is 0 Å². The highest BCUT2D eigenvalue weighted by Gasteiger charge is 2.03. The van der Waals surface area contributed by atoms with E-state index in [-0.39, 0.29) is 0 Å². The van der Waals surface area contributed by atoms with Gasteiger partial charge in [0, 0.05) is 5.02 Å². The van der Waals surface area contributed by atoms with Crippen LogP contribution in [0.4, 0.5) is 0 Å². The Labute approximate surface area is 73.2 Å². The Morgan fingerprint density at radius 1 is 1.27 bits per heavy atom. The van der Waals surface area contributed by atoms with Crippen molar-refractivity contribution in [2.45, 2.75) is 26.7 Å². The Morgan fingerprint density at radius 2 is 1.91 bits per heavy atom. The summed E-state index contributed by atoms with van der Waals surface area (Å²) in [6, 6.07) is 6.15. The van der Waals surface area contributed by atoms with E-state index in [2.05, 4.69) is 26.8 Å². The van der Waals surface area contributed by atoms with Crippen molar-refractivity contribution < 1.29 is 0 Å². The van der Waals surface area contributed by atoms with Gasteiger partial charge >= 0.3 is 0 Å². The van der Waals surface area contributed by atoms with E-state index in [1.54, 1.807) is 0 Å². The minimum Gasteiger partial charge on any atom is -0.0840 e. The lowest BCUT2D eigenvalue weighted by molar-refractivity contribution is 0.865. The zero-order valence-electron chi connectivity index (χ0n) is 7.19. The maximum absolute atomic E-state index is 5.99. The van der Waals surface area contributed by atoms with Crippen molar-refractivity contribution in [3.63, 3.8) is 0 Å². The van der Waals surface area contributed by atoms with Gasteiger partial charge in [0.15, 0.2) is 0 Å². The number of benzene rings is 1. The lowest BCUT2D eigenvalue weighted by Gasteiger charge is -2.08. The molecule has 11 heavy (non-hydrogen) atoms. The smallest absolute Gasteiger partial charge is 0.0440 e. The van der Waals surface area contributed by atoms with Crippen LogP contribution in [-0.2, 0) is 0 Å². The number of aryl methyl sites for hydroxylation is 1. The van der Waals surface area contributed by atoms with Gasteiger partial charge in [0.25, 0.3) is 0 Å². The Balaban J connectivity index is 3.13. The van der Waals surface area contributed by atoms with E-state index < -0.39 is 0 Å². The van der Waals surface area contributed by atoms with Gasteiger partial charge in [0.1, 0.15) is 0 Å². The summed E-state index contributed by atoms with van der Waals surface area (Å²) in [5.74, 6) is 0.516. The molecule has 0 unspecified atom stereocenters. The SMILES string of the molecule is Cc1ccc(Cl)c(C(C)C)c1. The fraction of sp³-hybridized carbons (Fsp3) is 0.400. The first-order chi connectivity index (χ1) is 5.11. The summed E-state index contributed by atoms with van der Waals surface area (Å²) in [5, 5.41) is 0.880. The molecule has 0 aromatic heterocycles. The molecule has 0 saturated carbocycles. The van der Waals surface area contributed by atoms with Crippen LogP contribution in [0.15, 0.2) is 18.2 Å². The van der Waals surface area contributed by atoms with Gasteiger partial charge in [0.2, 0.25) is 0 Å². The van der Waals surface area contributed by atoms with Gasteiger partial charge in [-0.1, -0.05) is 43.1 Å². The summed E-state index contributed by atoms with van der Waals surface area (Å²) in [5.41, 5.74) is 2.52. The van der Waals surface area contributed by atoms with Crippen LogP contribution in [0, 0.1) is 6.92 Å². The molecule has 0 N–H and O–H groups in total. The molecule has 0 heterocycles. The molecule has 0 amide bonds. The molecule has 0 spiro atoms. The fourth-order valence-corrected chi connectivity index (χ4v) is 1.44. The van der Waals surface area contributed by atoms with E-state index >= 15 is 0 Å². The standard InChI is InChI=1S/C10H13Cl/c1-7(2)9-6-8(3)4-5-10(9)11/h4-7H,1-3H3. The third-order valence-corrected chi connectivity index (χ3v) is 2.12. The largest absolute Gasteiger partial charge is 0.0840 e. The van der Waals surface area contributed by atoms with Gasteiger partial charge in [-0.05, 0) is 24.5 Å². The van der Waals surface area contributed by atoms with Crippen molar-refractivity contribution in [1.82, 2.24) is 0 Å². The molecule has 1 heteroatoms. The second-order valence-corrected chi connectivity index (χ2v) is 3.59. The molecule has 0 bridgehead atoms. The summed E-state index contributed by atoms with van der Waals surface area (Å²) in [6.07, 6.45) is 0. The van der Waals surface area contributed by atoms with E-state index in [0.717, 1.165) is 5.02 Å². The van der Waals surface area contributed by atoms with Crippen molar-refractivity contribution >= 4 is 11.6 Å². The molecule has 0 aliphatic carbocycles. The molecule has 60 valence electrons. The molecular weight excluding hydrogens is 156 g/mol. The Kier molecular flexibility index (Phi) is 2.56. The first kappa shape index (κ1) is 8.61. The van der Waals surface area contributed by atoms with Crippen LogP contribution in [0.3, 0.4) is 0 Å². The Hall–Kier alpha value is -0.490. The first-order valence-electron chi connectivity index (χ1n) is 3.87. The highest BCUT2D eigenvalue weighted by molar-refractivity contribution is 6.31. The zero-order chi connectivity index (χ0) is 8.43. The van der Waals surface area contributed by atoms with Crippen molar-refractivity contribution in [3.8, 4) is 0 Å². The zero-order valence-corrected chi connectivity index (χ0v) is 7.94. The van der Waals surface area contributed by atoms with Crippen molar-refractivity contribution in [1.29, 1.82) is 0 Å². The summed E-state index contributed by atoms with van der Waals surface area (Å²) in [4.78, 5) is 0. The molecule has 1 rings (SSSR count). The number of hydrogen-bond acceptors (Lipinski definition) is 0. The molecule has 0 aliphatic rings. The fourth-order valence-electron chi connectivity index (χ4n) is 1.11. The third-order valence-electron chi connectivity index (χ3n) is 1.77. The molecular formula is C10H13Cl. The maximum Gasteiger partial charge on any atom is 0.0440 e.